The number of para-hydroxylation sites is 1. The minimum absolute atomic E-state index is 0.0155. The molecule has 0 atom stereocenters. The van der Waals surface area contributed by atoms with Crippen molar-refractivity contribution in [1.82, 2.24) is 10.6 Å². The summed E-state index contributed by atoms with van der Waals surface area (Å²) in [4.78, 5) is 13.2. The number of nitrogens with one attached hydrogen (secondary N) is 2. The van der Waals surface area contributed by atoms with Gasteiger partial charge >= 0.3 is 0 Å². The Kier molecular flexibility index (Phi) is 4.79. The van der Waals surface area contributed by atoms with Gasteiger partial charge in [0.1, 0.15) is 0 Å². The van der Waals surface area contributed by atoms with E-state index < -0.39 is 0 Å². The van der Waals surface area contributed by atoms with E-state index in [2.05, 4.69) is 16.7 Å². The molecule has 0 aliphatic rings. The van der Waals surface area contributed by atoms with E-state index in [0.717, 1.165) is 12.2 Å². The minimum atomic E-state index is 0.0155. The van der Waals surface area contributed by atoms with Gasteiger partial charge < -0.3 is 15.5 Å². The number of carbonyl (C=O) groups excluding carboxylic acids is 1. The highest BCUT2D eigenvalue weighted by atomic mass is 16.1. The molecule has 1 amide bonds. The largest absolute Gasteiger partial charge is 0.365 e. The number of carbonyl (C=O) groups is 1. The van der Waals surface area contributed by atoms with Crippen LogP contribution in [0.3, 0.4) is 0 Å². The molecular formula is C12H19N3O. The van der Waals surface area contributed by atoms with Crippen molar-refractivity contribution in [3.05, 3.63) is 29.8 Å². The lowest BCUT2D eigenvalue weighted by molar-refractivity contribution is -0.119. The molecule has 0 aromatic heterocycles. The van der Waals surface area contributed by atoms with Gasteiger partial charge in [0, 0.05) is 26.3 Å². The predicted octanol–water partition coefficient (Wildman–Crippen LogP) is 0.588. The summed E-state index contributed by atoms with van der Waals surface area (Å²) in [6, 6.07) is 8.07. The summed E-state index contributed by atoms with van der Waals surface area (Å²) < 4.78 is 0. The third-order valence-corrected chi connectivity index (χ3v) is 2.43. The second-order valence-corrected chi connectivity index (χ2v) is 3.69. The average Bonchev–Trinajstić information content (AvgIpc) is 2.30. The smallest absolute Gasteiger partial charge is 0.239 e. The van der Waals surface area contributed by atoms with E-state index in [1.807, 2.05) is 37.2 Å². The Morgan fingerprint density at radius 1 is 1.31 bits per heavy atom. The van der Waals surface area contributed by atoms with Gasteiger partial charge in [0.15, 0.2) is 0 Å². The fraction of sp³-hybridized carbons (Fsp3) is 0.417. The summed E-state index contributed by atoms with van der Waals surface area (Å²) in [6.45, 7) is 1.17. The van der Waals surface area contributed by atoms with Crippen LogP contribution in [0.15, 0.2) is 24.3 Å². The molecule has 0 fully saturated rings. The van der Waals surface area contributed by atoms with E-state index in [4.69, 9.17) is 0 Å². The van der Waals surface area contributed by atoms with Crippen LogP contribution in [0.2, 0.25) is 0 Å². The SMILES string of the molecule is CNCc1ccccc1N(C)CC(=O)NC. The fourth-order valence-corrected chi connectivity index (χ4v) is 1.60. The molecular weight excluding hydrogens is 202 g/mol. The average molecular weight is 221 g/mol. The normalized spacial score (nSPS) is 9.94. The van der Waals surface area contributed by atoms with Crippen LogP contribution in [0.5, 0.6) is 0 Å². The van der Waals surface area contributed by atoms with Gasteiger partial charge in [-0.25, -0.2) is 0 Å². The molecule has 2 N–H and O–H groups in total. The van der Waals surface area contributed by atoms with Crippen LogP contribution in [-0.4, -0.2) is 33.6 Å². The quantitative estimate of drug-likeness (QED) is 0.765. The van der Waals surface area contributed by atoms with Gasteiger partial charge in [-0.3, -0.25) is 4.79 Å². The highest BCUT2D eigenvalue weighted by Crippen LogP contribution is 2.18. The molecule has 0 saturated heterocycles. The molecule has 0 bridgehead atoms. The Labute approximate surface area is 96.6 Å². The van der Waals surface area contributed by atoms with Crippen molar-refractivity contribution < 1.29 is 4.79 Å². The Hall–Kier alpha value is -1.55. The third-order valence-electron chi connectivity index (χ3n) is 2.43. The maximum absolute atomic E-state index is 11.3. The van der Waals surface area contributed by atoms with Crippen LogP contribution in [0.1, 0.15) is 5.56 Å². The molecule has 1 rings (SSSR count). The minimum Gasteiger partial charge on any atom is -0.365 e. The second-order valence-electron chi connectivity index (χ2n) is 3.69. The molecule has 0 unspecified atom stereocenters. The summed E-state index contributed by atoms with van der Waals surface area (Å²) in [5.74, 6) is 0.0155. The standard InChI is InChI=1S/C12H19N3O/c1-13-8-10-6-4-5-7-11(10)15(3)9-12(16)14-2/h4-7,13H,8-9H2,1-3H3,(H,14,16). The Morgan fingerprint density at radius 3 is 2.62 bits per heavy atom. The first-order chi connectivity index (χ1) is 7.69. The Balaban J connectivity index is 2.81. The first-order valence-electron chi connectivity index (χ1n) is 5.33. The lowest BCUT2D eigenvalue weighted by atomic mass is 10.1. The molecule has 88 valence electrons. The first kappa shape index (κ1) is 12.5. The van der Waals surface area contributed by atoms with Crippen molar-refractivity contribution >= 4 is 11.6 Å². The monoisotopic (exact) mass is 221 g/mol. The zero-order valence-corrected chi connectivity index (χ0v) is 10.1. The maximum Gasteiger partial charge on any atom is 0.239 e. The van der Waals surface area contributed by atoms with Crippen LogP contribution in [-0.2, 0) is 11.3 Å². The second kappa shape index (κ2) is 6.12. The lowest BCUT2D eigenvalue weighted by Gasteiger charge is -2.21. The lowest BCUT2D eigenvalue weighted by Crippen LogP contribution is -2.33. The van der Waals surface area contributed by atoms with Crippen molar-refractivity contribution in [2.75, 3.05) is 32.6 Å². The van der Waals surface area contributed by atoms with Gasteiger partial charge in [-0.1, -0.05) is 18.2 Å². The van der Waals surface area contributed by atoms with E-state index in [9.17, 15) is 4.79 Å². The number of hydrogen-bond donors (Lipinski definition) is 2. The van der Waals surface area contributed by atoms with E-state index >= 15 is 0 Å². The molecule has 0 saturated carbocycles. The summed E-state index contributed by atoms with van der Waals surface area (Å²) >= 11 is 0. The van der Waals surface area contributed by atoms with Gasteiger partial charge in [0.05, 0.1) is 6.54 Å². The Bertz CT molecular complexity index is 352. The number of anilines is 1. The van der Waals surface area contributed by atoms with Gasteiger partial charge in [0.25, 0.3) is 0 Å². The van der Waals surface area contributed by atoms with E-state index in [0.29, 0.717) is 6.54 Å². The van der Waals surface area contributed by atoms with Crippen molar-refractivity contribution in [2.24, 2.45) is 0 Å². The number of amides is 1. The molecule has 0 aliphatic carbocycles. The van der Waals surface area contributed by atoms with Crippen molar-refractivity contribution in [3.63, 3.8) is 0 Å². The highest BCUT2D eigenvalue weighted by Gasteiger charge is 2.08. The van der Waals surface area contributed by atoms with E-state index in [1.165, 1.54) is 5.56 Å². The number of hydrogen-bond acceptors (Lipinski definition) is 3. The van der Waals surface area contributed by atoms with Gasteiger partial charge in [-0.05, 0) is 18.7 Å². The van der Waals surface area contributed by atoms with Crippen molar-refractivity contribution in [2.45, 2.75) is 6.54 Å². The molecule has 4 heteroatoms. The molecule has 1 aromatic rings. The molecule has 0 radical (unpaired) electrons. The van der Waals surface area contributed by atoms with Gasteiger partial charge in [0.2, 0.25) is 5.91 Å². The molecule has 16 heavy (non-hydrogen) atoms. The molecule has 1 aromatic carbocycles. The van der Waals surface area contributed by atoms with Crippen LogP contribution < -0.4 is 15.5 Å². The molecule has 4 nitrogen and oxygen atoms in total. The van der Waals surface area contributed by atoms with Gasteiger partial charge in [-0.2, -0.15) is 0 Å². The van der Waals surface area contributed by atoms with Crippen molar-refractivity contribution in [1.29, 1.82) is 0 Å². The van der Waals surface area contributed by atoms with Crippen LogP contribution in [0.4, 0.5) is 5.69 Å². The fourth-order valence-electron chi connectivity index (χ4n) is 1.60. The molecule has 0 aliphatic heterocycles. The predicted molar refractivity (Wildman–Crippen MR) is 66.5 cm³/mol. The zero-order chi connectivity index (χ0) is 12.0. The first-order valence-corrected chi connectivity index (χ1v) is 5.33. The summed E-state index contributed by atoms with van der Waals surface area (Å²) in [5, 5.41) is 5.74. The summed E-state index contributed by atoms with van der Waals surface area (Å²) in [7, 11) is 5.48. The molecule has 0 heterocycles. The van der Waals surface area contributed by atoms with Crippen LogP contribution >= 0.6 is 0 Å². The highest BCUT2D eigenvalue weighted by molar-refractivity contribution is 5.81. The third kappa shape index (κ3) is 3.24. The summed E-state index contributed by atoms with van der Waals surface area (Å²) in [5.41, 5.74) is 2.27. The maximum atomic E-state index is 11.3. The number of rotatable bonds is 5. The number of likely N-dealkylation sites (N-methyl/N-ethyl adjacent to an activating group) is 2. The number of benzene rings is 1. The van der Waals surface area contributed by atoms with E-state index in [-0.39, 0.29) is 5.91 Å². The van der Waals surface area contributed by atoms with Crippen LogP contribution in [0.25, 0.3) is 0 Å². The number of nitrogens with zero attached hydrogens (tertiary/aromatic N) is 1. The topological polar surface area (TPSA) is 44.4 Å². The van der Waals surface area contributed by atoms with Crippen molar-refractivity contribution in [3.8, 4) is 0 Å². The van der Waals surface area contributed by atoms with Gasteiger partial charge in [-0.15, -0.1) is 0 Å². The van der Waals surface area contributed by atoms with E-state index in [1.54, 1.807) is 7.05 Å². The van der Waals surface area contributed by atoms with Crippen LogP contribution in [0, 0.1) is 0 Å². The molecule has 0 spiro atoms. The zero-order valence-electron chi connectivity index (χ0n) is 10.1. The Morgan fingerprint density at radius 2 is 2.00 bits per heavy atom. The summed E-state index contributed by atoms with van der Waals surface area (Å²) in [6.07, 6.45) is 0.